The van der Waals surface area contributed by atoms with Gasteiger partial charge in [0.1, 0.15) is 0 Å². The lowest BCUT2D eigenvalue weighted by molar-refractivity contribution is -0.0194. The van der Waals surface area contributed by atoms with Crippen molar-refractivity contribution in [3.05, 3.63) is 12.7 Å². The highest BCUT2D eigenvalue weighted by atomic mass is 16.3. The van der Waals surface area contributed by atoms with E-state index in [9.17, 15) is 5.11 Å². The topological polar surface area (TPSA) is 20.2 Å². The van der Waals surface area contributed by atoms with Gasteiger partial charge in [0.25, 0.3) is 0 Å². The number of hydrogen-bond donors (Lipinski definition) is 1. The number of aliphatic hydroxyl groups is 1. The van der Waals surface area contributed by atoms with Crippen LogP contribution in [-0.2, 0) is 0 Å². The fourth-order valence-electron chi connectivity index (χ4n) is 6.52. The molecule has 0 aliphatic heterocycles. The third-order valence-electron chi connectivity index (χ3n) is 7.04. The molecule has 108 valence electrons. The Morgan fingerprint density at radius 2 is 2.00 bits per heavy atom. The van der Waals surface area contributed by atoms with E-state index in [-0.39, 0.29) is 6.10 Å². The predicted molar refractivity (Wildman–Crippen MR) is 79.8 cm³/mol. The third kappa shape index (κ3) is 1.77. The number of rotatable bonds is 3. The molecule has 0 aromatic carbocycles. The van der Waals surface area contributed by atoms with Crippen molar-refractivity contribution in [1.29, 1.82) is 0 Å². The van der Waals surface area contributed by atoms with Crippen molar-refractivity contribution in [3.63, 3.8) is 0 Å². The first-order chi connectivity index (χ1) is 8.92. The Morgan fingerprint density at radius 3 is 2.68 bits per heavy atom. The van der Waals surface area contributed by atoms with E-state index >= 15 is 0 Å². The van der Waals surface area contributed by atoms with E-state index in [1.54, 1.807) is 0 Å². The molecule has 0 aromatic heterocycles. The molecular weight excluding hydrogens is 232 g/mol. The molecule has 3 aliphatic carbocycles. The van der Waals surface area contributed by atoms with E-state index in [4.69, 9.17) is 0 Å². The van der Waals surface area contributed by atoms with Crippen molar-refractivity contribution in [1.82, 2.24) is 0 Å². The summed E-state index contributed by atoms with van der Waals surface area (Å²) in [5.74, 6) is 3.00. The van der Waals surface area contributed by atoms with E-state index in [2.05, 4.69) is 27.4 Å². The summed E-state index contributed by atoms with van der Waals surface area (Å²) in [6.07, 6.45) is 9.34. The van der Waals surface area contributed by atoms with Gasteiger partial charge in [0.05, 0.1) is 6.10 Å². The third-order valence-corrected chi connectivity index (χ3v) is 7.04. The van der Waals surface area contributed by atoms with Gasteiger partial charge in [0.15, 0.2) is 0 Å². The highest BCUT2D eigenvalue weighted by molar-refractivity contribution is 5.14. The van der Waals surface area contributed by atoms with E-state index in [0.717, 1.165) is 24.2 Å². The van der Waals surface area contributed by atoms with Gasteiger partial charge in [0.2, 0.25) is 0 Å². The Labute approximate surface area is 118 Å². The van der Waals surface area contributed by atoms with Gasteiger partial charge >= 0.3 is 0 Å². The molecule has 0 unspecified atom stereocenters. The maximum absolute atomic E-state index is 10.7. The van der Waals surface area contributed by atoms with Crippen molar-refractivity contribution in [3.8, 4) is 0 Å². The zero-order valence-electron chi connectivity index (χ0n) is 12.9. The van der Waals surface area contributed by atoms with Gasteiger partial charge in [-0.1, -0.05) is 33.3 Å². The van der Waals surface area contributed by atoms with Crippen LogP contribution in [-0.4, -0.2) is 11.2 Å². The van der Waals surface area contributed by atoms with Gasteiger partial charge in [-0.05, 0) is 66.6 Å². The minimum Gasteiger partial charge on any atom is -0.392 e. The molecule has 0 aromatic rings. The largest absolute Gasteiger partial charge is 0.392 e. The molecule has 3 rings (SSSR count). The zero-order chi connectivity index (χ0) is 13.8. The van der Waals surface area contributed by atoms with Crippen LogP contribution in [0.5, 0.6) is 0 Å². The maximum Gasteiger partial charge on any atom is 0.0610 e. The van der Waals surface area contributed by atoms with Crippen LogP contribution in [0.2, 0.25) is 0 Å². The summed E-state index contributed by atoms with van der Waals surface area (Å²) in [6, 6.07) is 0. The fourth-order valence-corrected chi connectivity index (χ4v) is 6.52. The molecule has 3 aliphatic rings. The Morgan fingerprint density at radius 1 is 1.26 bits per heavy atom. The smallest absolute Gasteiger partial charge is 0.0610 e. The van der Waals surface area contributed by atoms with E-state index in [0.29, 0.717) is 16.7 Å². The van der Waals surface area contributed by atoms with Gasteiger partial charge < -0.3 is 5.11 Å². The molecule has 1 heteroatoms. The van der Waals surface area contributed by atoms with Crippen molar-refractivity contribution in [2.75, 3.05) is 0 Å². The van der Waals surface area contributed by atoms with Gasteiger partial charge in [0, 0.05) is 0 Å². The van der Waals surface area contributed by atoms with Crippen LogP contribution in [0.4, 0.5) is 0 Å². The van der Waals surface area contributed by atoms with Crippen LogP contribution < -0.4 is 0 Å². The van der Waals surface area contributed by atoms with E-state index in [1.165, 1.54) is 32.1 Å². The van der Waals surface area contributed by atoms with Crippen molar-refractivity contribution in [2.24, 2.45) is 34.5 Å². The molecule has 1 nitrogen and oxygen atoms in total. The monoisotopic (exact) mass is 262 g/mol. The zero-order valence-corrected chi connectivity index (χ0v) is 12.9. The highest BCUT2D eigenvalue weighted by Crippen LogP contribution is 2.71. The quantitative estimate of drug-likeness (QED) is 0.747. The second-order valence-electron chi connectivity index (χ2n) is 8.34. The lowest BCUT2D eigenvalue weighted by atomic mass is 9.62. The summed E-state index contributed by atoms with van der Waals surface area (Å²) in [4.78, 5) is 0. The molecule has 0 spiro atoms. The van der Waals surface area contributed by atoms with Crippen molar-refractivity contribution in [2.45, 2.75) is 65.4 Å². The molecule has 3 saturated carbocycles. The van der Waals surface area contributed by atoms with Crippen molar-refractivity contribution >= 4 is 0 Å². The molecule has 0 saturated heterocycles. The second kappa shape index (κ2) is 4.35. The summed E-state index contributed by atoms with van der Waals surface area (Å²) in [5, 5.41) is 10.7. The van der Waals surface area contributed by atoms with Crippen LogP contribution >= 0.6 is 0 Å². The highest BCUT2D eigenvalue weighted by Gasteiger charge is 2.65. The molecule has 4 bridgehead atoms. The van der Waals surface area contributed by atoms with Gasteiger partial charge in [-0.3, -0.25) is 0 Å². The van der Waals surface area contributed by atoms with Gasteiger partial charge in [-0.2, -0.15) is 0 Å². The molecule has 6 atom stereocenters. The SMILES string of the molecule is C=CC[C@H](O)[C@H]1[C@H]2CC[C@@H]3[C@@H]2C(C)(C)CCC[C@]13C. The first kappa shape index (κ1) is 13.7. The summed E-state index contributed by atoms with van der Waals surface area (Å²) >= 11 is 0. The number of aliphatic hydroxyl groups excluding tert-OH is 1. The summed E-state index contributed by atoms with van der Waals surface area (Å²) in [7, 11) is 0. The van der Waals surface area contributed by atoms with Crippen molar-refractivity contribution < 1.29 is 5.11 Å². The van der Waals surface area contributed by atoms with E-state index in [1.807, 2.05) is 6.08 Å². The van der Waals surface area contributed by atoms with Crippen LogP contribution in [0.1, 0.15) is 59.3 Å². The van der Waals surface area contributed by atoms with Crippen LogP contribution in [0.25, 0.3) is 0 Å². The standard InChI is InChI=1S/C18H30O/c1-5-7-14(19)16-12-8-9-13-15(12)17(2,3)10-6-11-18(13,16)4/h5,12-16,19H,1,6-11H2,2-4H3/t12-,13+,14-,15+,16+,18-/m0/s1. The molecule has 0 heterocycles. The lowest BCUT2D eigenvalue weighted by Crippen LogP contribution is -2.41. The molecule has 19 heavy (non-hydrogen) atoms. The lowest BCUT2D eigenvalue weighted by Gasteiger charge is -2.44. The molecule has 3 fully saturated rings. The Balaban J connectivity index is 1.98. The Hall–Kier alpha value is -0.300. The second-order valence-corrected chi connectivity index (χ2v) is 8.34. The van der Waals surface area contributed by atoms with Gasteiger partial charge in [-0.15, -0.1) is 6.58 Å². The fraction of sp³-hybridized carbons (Fsp3) is 0.889. The van der Waals surface area contributed by atoms with Crippen LogP contribution in [0.3, 0.4) is 0 Å². The first-order valence-electron chi connectivity index (χ1n) is 8.21. The normalized spacial score (nSPS) is 48.8. The summed E-state index contributed by atoms with van der Waals surface area (Å²) < 4.78 is 0. The molecule has 1 N–H and O–H groups in total. The molecular formula is C18H30O. The van der Waals surface area contributed by atoms with Gasteiger partial charge in [-0.25, -0.2) is 0 Å². The summed E-state index contributed by atoms with van der Waals surface area (Å²) in [5.41, 5.74) is 0.871. The maximum atomic E-state index is 10.7. The Bertz CT molecular complexity index is 372. The van der Waals surface area contributed by atoms with Crippen LogP contribution in [0, 0.1) is 34.5 Å². The van der Waals surface area contributed by atoms with Crippen LogP contribution in [0.15, 0.2) is 12.7 Å². The first-order valence-corrected chi connectivity index (χ1v) is 8.21. The van der Waals surface area contributed by atoms with E-state index < -0.39 is 0 Å². The molecule has 0 amide bonds. The minimum absolute atomic E-state index is 0.158. The average Bonchev–Trinajstić information content (AvgIpc) is 2.80. The Kier molecular flexibility index (Phi) is 3.13. The average molecular weight is 262 g/mol. The predicted octanol–water partition coefficient (Wildman–Crippen LogP) is 4.41. The summed E-state index contributed by atoms with van der Waals surface area (Å²) in [6.45, 7) is 11.3. The molecule has 0 radical (unpaired) electrons. The minimum atomic E-state index is -0.158. The number of hydrogen-bond acceptors (Lipinski definition) is 1.